The van der Waals surface area contributed by atoms with Gasteiger partial charge in [-0.1, -0.05) is 416 Å². The van der Waals surface area contributed by atoms with Crippen LogP contribution in [0.4, 0.5) is 0 Å². The third kappa shape index (κ3) is 18.1. The van der Waals surface area contributed by atoms with Crippen LogP contribution in [-0.2, 0) is 46.2 Å². The minimum atomic E-state index is -1.53. The smallest absolute Gasteiger partial charge is 0.143 e. The van der Waals surface area contributed by atoms with Gasteiger partial charge in [-0.2, -0.15) is 0 Å². The molecular formula is C123H121N9. The Morgan fingerprint density at radius 2 is 0.485 bits per heavy atom. The molecule has 0 spiro atoms. The molecule has 0 unspecified atom stereocenters. The SMILES string of the molecule is CC(C)(C)c1ccc(-n2c3ccccc3c3ccccc32)nc1-c1ccccc1.CC(C)(C)c1ccc(-n2c3ccccc3c3ccccc32)nc1-n1c2ccccc2c2ccccc21.[2H]C([2H])(C)c1nc(-c2ccccc2)cc(-c2ccccc2)c1C(C)(C)C.[2H]C([2H])(C)c1nc(-c2ccccc2)ccc1C(C)(C)C.[2H]C([2H])(C)c1nc(-n2c3ccccc3c3ccccc32)ccc1C(C)(C)C. The van der Waals surface area contributed by atoms with Crippen LogP contribution in [0.25, 0.3) is 155 Å². The molecule has 21 rings (SSSR count). The van der Waals surface area contributed by atoms with Gasteiger partial charge >= 0.3 is 0 Å². The molecule has 0 radical (unpaired) electrons. The maximum atomic E-state index is 8.42. The average Bonchev–Trinajstić information content (AvgIpc) is 1.62. The standard InChI is InChI=1S/C33H27N3.C27H24N2.C23H24N2.C23H25N.C17H21N/c1-33(2,3)26-20-21-31(35-27-16-8-4-12-22(27)23-13-5-9-17-28(23)35)34-32(26)36-29-18-10-6-14-24(29)25-15-7-11-19-30(25)36;1-27(2,3)22-17-18-25(28-26(22)19-11-5-4-6-12-19)29-23-15-9-7-13-20(23)21-14-8-10-16-24(21)29;1-5-19-18(23(2,3)4)14-15-22(24-19)25-20-12-8-6-10-16(20)17-11-7-9-13-21(17)25;1-5-20-22(23(2,3)4)19(17-12-8-6-9-13-17)16-21(24-20)18-14-10-7-11-15-18;1-5-15-14(17(2,3)4)11-12-16(18-15)13-9-7-6-8-10-13/h4-21H,1-3H3;4-18H,1-3H3;6-15H,5H2,1-4H3;6-16H,5H2,1-4H3;6-12H,5H2,1-4H3/i;;3*5D2. The summed E-state index contributed by atoms with van der Waals surface area (Å²) >= 11 is 0. The van der Waals surface area contributed by atoms with Crippen molar-refractivity contribution >= 4 is 87.2 Å². The molecule has 0 saturated heterocycles. The van der Waals surface area contributed by atoms with Crippen LogP contribution in [0.15, 0.2) is 370 Å². The number of nitrogens with zero attached hydrogens (tertiary/aromatic N) is 9. The summed E-state index contributed by atoms with van der Waals surface area (Å²) in [5.41, 5.74) is 23.5. The Bertz CT molecular complexity index is 7800. The zero-order chi connectivity index (χ0) is 97.8. The van der Waals surface area contributed by atoms with E-state index in [1.165, 1.54) is 87.3 Å². The summed E-state index contributed by atoms with van der Waals surface area (Å²) in [6.45, 7) is 37.2. The fourth-order valence-electron chi connectivity index (χ4n) is 18.5. The van der Waals surface area contributed by atoms with E-state index in [0.717, 1.165) is 95.9 Å². The fourth-order valence-corrected chi connectivity index (χ4v) is 18.5. The normalized spacial score (nSPS) is 13.0. The lowest BCUT2D eigenvalue weighted by atomic mass is 9.79. The first-order valence-corrected chi connectivity index (χ1v) is 45.9. The van der Waals surface area contributed by atoms with Crippen LogP contribution in [0, 0.1) is 0 Å². The molecular weight excluding hydrogens is 1600 g/mol. The Morgan fingerprint density at radius 3 is 0.826 bits per heavy atom. The Morgan fingerprint density at radius 1 is 0.220 bits per heavy atom. The minimum Gasteiger partial charge on any atom is -0.294 e. The van der Waals surface area contributed by atoms with Gasteiger partial charge in [-0.25, -0.2) is 15.0 Å². The highest BCUT2D eigenvalue weighted by Gasteiger charge is 2.30. The van der Waals surface area contributed by atoms with Gasteiger partial charge in [0.05, 0.1) is 61.2 Å². The predicted molar refractivity (Wildman–Crippen MR) is 562 cm³/mol. The summed E-state index contributed by atoms with van der Waals surface area (Å²) in [7, 11) is 0. The van der Waals surface area contributed by atoms with Crippen LogP contribution < -0.4 is 0 Å². The first-order valence-electron chi connectivity index (χ1n) is 48.9. The van der Waals surface area contributed by atoms with Gasteiger partial charge in [0.2, 0.25) is 0 Å². The fraction of sp³-hybridized carbons (Fsp3) is 0.211. The van der Waals surface area contributed by atoms with E-state index >= 15 is 0 Å². The molecule has 0 N–H and O–H groups in total. The highest BCUT2D eigenvalue weighted by Crippen LogP contribution is 2.44. The Kier molecular flexibility index (Phi) is 23.1. The van der Waals surface area contributed by atoms with Crippen molar-refractivity contribution in [1.82, 2.24) is 43.2 Å². The number of rotatable bonds is 11. The second-order valence-corrected chi connectivity index (χ2v) is 39.0. The van der Waals surface area contributed by atoms with E-state index in [2.05, 4.69) is 370 Å². The van der Waals surface area contributed by atoms with E-state index in [0.29, 0.717) is 17.1 Å². The molecule has 0 aliphatic rings. The quantitative estimate of drug-likeness (QED) is 0.129. The first kappa shape index (κ1) is 82.0. The summed E-state index contributed by atoms with van der Waals surface area (Å²) in [6.07, 6.45) is -4.50. The second kappa shape index (κ2) is 37.2. The molecule has 658 valence electrons. The Hall–Kier alpha value is -14.4. The monoisotopic (exact) mass is 1730 g/mol. The van der Waals surface area contributed by atoms with E-state index in [1.807, 2.05) is 127 Å². The van der Waals surface area contributed by atoms with Gasteiger partial charge in [-0.05, 0) is 158 Å². The van der Waals surface area contributed by atoms with Gasteiger partial charge in [-0.3, -0.25) is 28.2 Å². The molecule has 0 saturated carbocycles. The van der Waals surface area contributed by atoms with E-state index in [4.69, 9.17) is 28.2 Å². The third-order valence-electron chi connectivity index (χ3n) is 24.7. The van der Waals surface area contributed by atoms with Gasteiger partial charge in [0.15, 0.2) is 0 Å². The summed E-state index contributed by atoms with van der Waals surface area (Å²) in [6, 6.07) is 128. The molecule has 0 bridgehead atoms. The number of pyridine rings is 5. The van der Waals surface area contributed by atoms with Gasteiger partial charge < -0.3 is 0 Å². The van der Waals surface area contributed by atoms with Crippen molar-refractivity contribution in [2.45, 2.75) is 171 Å². The maximum Gasteiger partial charge on any atom is 0.143 e. The number of benzene rings is 12. The van der Waals surface area contributed by atoms with Crippen molar-refractivity contribution in [3.63, 3.8) is 0 Å². The van der Waals surface area contributed by atoms with Crippen molar-refractivity contribution in [3.8, 4) is 68.2 Å². The summed E-state index contributed by atoms with van der Waals surface area (Å²) in [5.74, 6) is 3.62. The predicted octanol–water partition coefficient (Wildman–Crippen LogP) is 32.6. The van der Waals surface area contributed by atoms with Crippen LogP contribution in [0.1, 0.15) is 178 Å². The summed E-state index contributed by atoms with van der Waals surface area (Å²) in [5, 5.41) is 9.85. The number of hydrogen-bond acceptors (Lipinski definition) is 5. The lowest BCUT2D eigenvalue weighted by molar-refractivity contribution is 0.578. The van der Waals surface area contributed by atoms with Crippen molar-refractivity contribution in [1.29, 1.82) is 0 Å². The molecule has 9 aromatic heterocycles. The van der Waals surface area contributed by atoms with Crippen molar-refractivity contribution in [2.75, 3.05) is 0 Å². The van der Waals surface area contributed by atoms with E-state index in [1.54, 1.807) is 20.8 Å². The van der Waals surface area contributed by atoms with Crippen molar-refractivity contribution in [3.05, 3.63) is 415 Å². The highest BCUT2D eigenvalue weighted by atomic mass is 15.1. The molecule has 9 nitrogen and oxygen atoms in total. The Balaban J connectivity index is 0.000000121. The summed E-state index contributed by atoms with van der Waals surface area (Å²) in [4.78, 5) is 24.9. The van der Waals surface area contributed by atoms with Crippen molar-refractivity contribution in [2.24, 2.45) is 0 Å². The molecule has 21 aromatic rings. The lowest BCUT2D eigenvalue weighted by Gasteiger charge is -2.26. The van der Waals surface area contributed by atoms with E-state index in [9.17, 15) is 0 Å². The zero-order valence-corrected chi connectivity index (χ0v) is 79.2. The van der Waals surface area contributed by atoms with Crippen LogP contribution in [0.2, 0.25) is 0 Å². The molecule has 0 aliphatic heterocycles. The van der Waals surface area contributed by atoms with Crippen LogP contribution in [0.3, 0.4) is 0 Å². The van der Waals surface area contributed by atoms with Crippen LogP contribution >= 0.6 is 0 Å². The molecule has 0 amide bonds. The largest absolute Gasteiger partial charge is 0.294 e. The number of aromatic nitrogens is 9. The average molecular weight is 1730 g/mol. The first-order chi connectivity index (χ1) is 65.6. The second-order valence-electron chi connectivity index (χ2n) is 39.0. The molecule has 0 fully saturated rings. The lowest BCUT2D eigenvalue weighted by Crippen LogP contribution is -2.17. The molecule has 12 aromatic carbocycles. The molecule has 0 atom stereocenters. The van der Waals surface area contributed by atoms with Gasteiger partial charge in [-0.15, -0.1) is 0 Å². The minimum absolute atomic E-state index is 0.0114. The van der Waals surface area contributed by atoms with E-state index in [-0.39, 0.29) is 27.1 Å². The van der Waals surface area contributed by atoms with Gasteiger partial charge in [0, 0.05) is 90.6 Å². The van der Waals surface area contributed by atoms with E-state index < -0.39 is 19.1 Å². The zero-order valence-electron chi connectivity index (χ0n) is 85.2. The van der Waals surface area contributed by atoms with Gasteiger partial charge in [0.1, 0.15) is 23.3 Å². The molecule has 9 heteroatoms. The maximum absolute atomic E-state index is 8.42. The summed E-state index contributed by atoms with van der Waals surface area (Å²) < 4.78 is 58.7. The molecule has 132 heavy (non-hydrogen) atoms. The topological polar surface area (TPSA) is 84.2 Å². The number of aryl methyl sites for hydroxylation is 3. The van der Waals surface area contributed by atoms with Crippen LogP contribution in [0.5, 0.6) is 0 Å². The van der Waals surface area contributed by atoms with Crippen molar-refractivity contribution < 1.29 is 8.22 Å². The van der Waals surface area contributed by atoms with Gasteiger partial charge in [0.25, 0.3) is 0 Å². The third-order valence-corrected chi connectivity index (χ3v) is 24.7. The Labute approximate surface area is 787 Å². The number of para-hydroxylation sites is 8. The highest BCUT2D eigenvalue weighted by molar-refractivity contribution is 6.12. The van der Waals surface area contributed by atoms with Crippen LogP contribution in [-0.4, -0.2) is 43.2 Å². The number of hydrogen-bond donors (Lipinski definition) is 0. The number of fused-ring (bicyclic) bond motifs is 12. The molecule has 9 heterocycles. The molecule has 0 aliphatic carbocycles.